The minimum atomic E-state index is -3.81. The number of nitro groups is 1. The molecule has 10 nitrogen and oxygen atoms in total. The summed E-state index contributed by atoms with van der Waals surface area (Å²) in [6.45, 7) is 0. The molecular formula is C16H19N3O7S. The molecule has 2 aromatic rings. The Hall–Kier alpha value is -3.05. The third kappa shape index (κ3) is 4.20. The Bertz CT molecular complexity index is 935. The highest BCUT2D eigenvalue weighted by atomic mass is 32.2. The lowest BCUT2D eigenvalue weighted by atomic mass is 10.2. The van der Waals surface area contributed by atoms with Crippen LogP contribution in [0.2, 0.25) is 0 Å². The molecule has 0 spiro atoms. The molecule has 0 bridgehead atoms. The van der Waals surface area contributed by atoms with E-state index in [4.69, 9.17) is 14.2 Å². The molecule has 146 valence electrons. The van der Waals surface area contributed by atoms with Crippen LogP contribution in [0.5, 0.6) is 17.2 Å². The number of nitrogens with zero attached hydrogens (tertiary/aromatic N) is 1. The zero-order valence-electron chi connectivity index (χ0n) is 15.1. The largest absolute Gasteiger partial charge is 0.493 e. The fraction of sp³-hybridized carbons (Fsp3) is 0.250. The van der Waals surface area contributed by atoms with Crippen molar-refractivity contribution in [3.63, 3.8) is 0 Å². The summed E-state index contributed by atoms with van der Waals surface area (Å²) in [5, 5.41) is 14.3. The number of anilines is 2. The second-order valence-corrected chi connectivity index (χ2v) is 7.07. The van der Waals surface area contributed by atoms with Gasteiger partial charge in [0.2, 0.25) is 15.8 Å². The highest BCUT2D eigenvalue weighted by molar-refractivity contribution is 7.89. The first kappa shape index (κ1) is 20.3. The summed E-state index contributed by atoms with van der Waals surface area (Å²) in [7, 11) is 1.76. The maximum absolute atomic E-state index is 11.9. The van der Waals surface area contributed by atoms with Crippen LogP contribution in [-0.4, -0.2) is 41.7 Å². The van der Waals surface area contributed by atoms with E-state index in [2.05, 4.69) is 10.0 Å². The molecule has 0 fully saturated rings. The van der Waals surface area contributed by atoms with Crippen LogP contribution in [-0.2, 0) is 10.0 Å². The normalized spacial score (nSPS) is 11.0. The van der Waals surface area contributed by atoms with Gasteiger partial charge < -0.3 is 19.5 Å². The Morgan fingerprint density at radius 1 is 1.00 bits per heavy atom. The average Bonchev–Trinajstić information content (AvgIpc) is 2.66. The Morgan fingerprint density at radius 2 is 1.59 bits per heavy atom. The van der Waals surface area contributed by atoms with Crippen LogP contribution >= 0.6 is 0 Å². The van der Waals surface area contributed by atoms with Crippen molar-refractivity contribution in [1.29, 1.82) is 0 Å². The van der Waals surface area contributed by atoms with Gasteiger partial charge in [-0.1, -0.05) is 0 Å². The van der Waals surface area contributed by atoms with Crippen molar-refractivity contribution in [2.75, 3.05) is 33.7 Å². The molecule has 27 heavy (non-hydrogen) atoms. The summed E-state index contributed by atoms with van der Waals surface area (Å²) in [6.07, 6.45) is 0. The molecule has 0 aromatic heterocycles. The summed E-state index contributed by atoms with van der Waals surface area (Å²) < 4.78 is 41.6. The molecule has 0 aliphatic carbocycles. The lowest BCUT2D eigenvalue weighted by molar-refractivity contribution is -0.384. The van der Waals surface area contributed by atoms with Gasteiger partial charge in [-0.15, -0.1) is 0 Å². The fourth-order valence-electron chi connectivity index (χ4n) is 2.36. The Balaban J connectivity index is 2.53. The average molecular weight is 397 g/mol. The predicted molar refractivity (Wildman–Crippen MR) is 98.7 cm³/mol. The molecule has 0 radical (unpaired) electrons. The lowest BCUT2D eigenvalue weighted by Gasteiger charge is -2.15. The number of nitro benzene ring substituents is 1. The first-order chi connectivity index (χ1) is 12.8. The van der Waals surface area contributed by atoms with Crippen molar-refractivity contribution in [2.24, 2.45) is 0 Å². The van der Waals surface area contributed by atoms with E-state index in [0.29, 0.717) is 22.9 Å². The molecule has 0 saturated heterocycles. The monoisotopic (exact) mass is 397 g/mol. The molecule has 0 aliphatic heterocycles. The maximum Gasteiger partial charge on any atom is 0.294 e. The summed E-state index contributed by atoms with van der Waals surface area (Å²) >= 11 is 0. The van der Waals surface area contributed by atoms with Crippen LogP contribution in [0.3, 0.4) is 0 Å². The maximum atomic E-state index is 11.9. The van der Waals surface area contributed by atoms with Crippen molar-refractivity contribution < 1.29 is 27.6 Å². The molecule has 2 rings (SSSR count). The number of hydrogen-bond acceptors (Lipinski definition) is 8. The second kappa shape index (κ2) is 8.10. The number of hydrogen-bond donors (Lipinski definition) is 2. The molecule has 0 atom stereocenters. The first-order valence-electron chi connectivity index (χ1n) is 7.56. The van der Waals surface area contributed by atoms with Crippen LogP contribution in [0.4, 0.5) is 17.1 Å². The van der Waals surface area contributed by atoms with Gasteiger partial charge in [0.25, 0.3) is 5.69 Å². The molecule has 2 N–H and O–H groups in total. The third-order valence-corrected chi connectivity index (χ3v) is 5.10. The minimum absolute atomic E-state index is 0.101. The summed E-state index contributed by atoms with van der Waals surface area (Å²) in [6, 6.07) is 6.70. The van der Waals surface area contributed by atoms with E-state index in [1.54, 1.807) is 12.1 Å². The topological polar surface area (TPSA) is 129 Å². The molecule has 11 heteroatoms. The third-order valence-electron chi connectivity index (χ3n) is 3.69. The number of nitrogens with one attached hydrogen (secondary N) is 2. The van der Waals surface area contributed by atoms with E-state index >= 15 is 0 Å². The Morgan fingerprint density at radius 3 is 2.04 bits per heavy atom. The van der Waals surface area contributed by atoms with Crippen molar-refractivity contribution in [3.8, 4) is 17.2 Å². The van der Waals surface area contributed by atoms with Gasteiger partial charge in [-0.3, -0.25) is 10.1 Å². The van der Waals surface area contributed by atoms with Gasteiger partial charge in [0.05, 0.1) is 31.1 Å². The van der Waals surface area contributed by atoms with Gasteiger partial charge in [0, 0.05) is 23.9 Å². The van der Waals surface area contributed by atoms with Crippen LogP contribution in [0, 0.1) is 10.1 Å². The van der Waals surface area contributed by atoms with Gasteiger partial charge in [0.15, 0.2) is 11.5 Å². The van der Waals surface area contributed by atoms with E-state index < -0.39 is 20.6 Å². The van der Waals surface area contributed by atoms with Crippen molar-refractivity contribution in [2.45, 2.75) is 4.90 Å². The number of sulfonamides is 1. The Kier molecular flexibility index (Phi) is 6.08. The SMILES string of the molecule is CNS(=O)(=O)c1ccc(Nc2cc(OC)c(OC)c(OC)c2)c([N+](=O)[O-])c1. The smallest absolute Gasteiger partial charge is 0.294 e. The zero-order valence-corrected chi connectivity index (χ0v) is 15.9. The van der Waals surface area contributed by atoms with Crippen LogP contribution < -0.4 is 24.2 Å². The van der Waals surface area contributed by atoms with Gasteiger partial charge in [-0.25, -0.2) is 13.1 Å². The highest BCUT2D eigenvalue weighted by Crippen LogP contribution is 2.41. The molecule has 0 aliphatic rings. The van der Waals surface area contributed by atoms with Crippen LogP contribution in [0.1, 0.15) is 0 Å². The summed E-state index contributed by atoms with van der Waals surface area (Å²) in [5.41, 5.74) is 0.126. The van der Waals surface area contributed by atoms with E-state index in [0.717, 1.165) is 6.07 Å². The number of ether oxygens (including phenoxy) is 3. The van der Waals surface area contributed by atoms with Gasteiger partial charge >= 0.3 is 0 Å². The second-order valence-electron chi connectivity index (χ2n) is 5.18. The van der Waals surface area contributed by atoms with Crippen LogP contribution in [0.15, 0.2) is 35.2 Å². The molecular weight excluding hydrogens is 378 g/mol. The molecule has 0 heterocycles. The van der Waals surface area contributed by atoms with Crippen molar-refractivity contribution in [1.82, 2.24) is 4.72 Å². The number of benzene rings is 2. The van der Waals surface area contributed by atoms with Crippen LogP contribution in [0.25, 0.3) is 0 Å². The van der Waals surface area contributed by atoms with Crippen molar-refractivity contribution in [3.05, 3.63) is 40.4 Å². The fourth-order valence-corrected chi connectivity index (χ4v) is 3.11. The van der Waals surface area contributed by atoms with E-state index in [1.165, 1.54) is 40.5 Å². The molecule has 0 saturated carbocycles. The Labute approximate surface area is 156 Å². The van der Waals surface area contributed by atoms with E-state index in [1.807, 2.05) is 0 Å². The van der Waals surface area contributed by atoms with Gasteiger partial charge in [0.1, 0.15) is 5.69 Å². The van der Waals surface area contributed by atoms with Gasteiger partial charge in [-0.05, 0) is 19.2 Å². The standard InChI is InChI=1S/C16H19N3O7S/c1-17-27(22,23)11-5-6-12(13(9-11)19(20)21)18-10-7-14(24-2)16(26-4)15(8-10)25-3/h5-9,17-18H,1-4H3. The molecule has 0 amide bonds. The summed E-state index contributed by atoms with van der Waals surface area (Å²) in [5.74, 6) is 1.09. The number of methoxy groups -OCH3 is 3. The molecule has 2 aromatic carbocycles. The first-order valence-corrected chi connectivity index (χ1v) is 9.04. The van der Waals surface area contributed by atoms with E-state index in [-0.39, 0.29) is 10.6 Å². The lowest BCUT2D eigenvalue weighted by Crippen LogP contribution is -2.18. The minimum Gasteiger partial charge on any atom is -0.493 e. The van der Waals surface area contributed by atoms with E-state index in [9.17, 15) is 18.5 Å². The number of rotatable bonds is 8. The highest BCUT2D eigenvalue weighted by Gasteiger charge is 2.21. The summed E-state index contributed by atoms with van der Waals surface area (Å²) in [4.78, 5) is 10.5. The predicted octanol–water partition coefficient (Wildman–Crippen LogP) is 2.27. The zero-order chi connectivity index (χ0) is 20.2. The quantitative estimate of drug-likeness (QED) is 0.513. The van der Waals surface area contributed by atoms with Crippen molar-refractivity contribution >= 4 is 27.1 Å². The van der Waals surface area contributed by atoms with Gasteiger partial charge in [-0.2, -0.15) is 0 Å². The molecule has 0 unspecified atom stereocenters.